The van der Waals surface area contributed by atoms with E-state index >= 15 is 0 Å². The van der Waals surface area contributed by atoms with Crippen LogP contribution >= 0.6 is 0 Å². The first kappa shape index (κ1) is 22.4. The lowest BCUT2D eigenvalue weighted by molar-refractivity contribution is -0.148. The first-order chi connectivity index (χ1) is 13.5. The Labute approximate surface area is 168 Å². The van der Waals surface area contributed by atoms with E-state index in [1.54, 1.807) is 30.3 Å². The highest BCUT2D eigenvalue weighted by molar-refractivity contribution is 7.92. The molecule has 156 valence electrons. The summed E-state index contributed by atoms with van der Waals surface area (Å²) in [5.74, 6) is -0.818. The van der Waals surface area contributed by atoms with Crippen LogP contribution in [0.3, 0.4) is 0 Å². The molecule has 0 aromatic heterocycles. The number of hydrogen-bond donors (Lipinski definition) is 1. The van der Waals surface area contributed by atoms with E-state index in [1.165, 1.54) is 24.5 Å². The largest absolute Gasteiger partial charge is 0.456 e. The molecule has 1 amide bonds. The van der Waals surface area contributed by atoms with Gasteiger partial charge in [0.25, 0.3) is 0 Å². The summed E-state index contributed by atoms with van der Waals surface area (Å²) in [6, 6.07) is 12.7. The SMILES string of the molecule is CCC(=O)ONC(=O)OS(=O)(=O)c1cccc(Cc2ccccc2)c1S(C)(=O)=O. The van der Waals surface area contributed by atoms with Crippen molar-refractivity contribution < 1.29 is 35.4 Å². The van der Waals surface area contributed by atoms with Gasteiger partial charge in [0.1, 0.15) is 4.90 Å². The van der Waals surface area contributed by atoms with Gasteiger partial charge in [-0.2, -0.15) is 8.42 Å². The summed E-state index contributed by atoms with van der Waals surface area (Å²) >= 11 is 0. The maximum Gasteiger partial charge on any atom is 0.456 e. The molecule has 0 fully saturated rings. The van der Waals surface area contributed by atoms with Gasteiger partial charge in [-0.25, -0.2) is 18.0 Å². The van der Waals surface area contributed by atoms with Gasteiger partial charge in [-0.15, -0.1) is 5.48 Å². The minimum Gasteiger partial charge on any atom is -0.338 e. The van der Waals surface area contributed by atoms with E-state index < -0.39 is 41.8 Å². The Kier molecular flexibility index (Phi) is 6.98. The summed E-state index contributed by atoms with van der Waals surface area (Å²) in [6.45, 7) is 1.46. The van der Waals surface area contributed by atoms with Crippen molar-refractivity contribution in [2.75, 3.05) is 6.26 Å². The van der Waals surface area contributed by atoms with Crippen LogP contribution in [0.25, 0.3) is 0 Å². The highest BCUT2D eigenvalue weighted by Gasteiger charge is 2.30. The smallest absolute Gasteiger partial charge is 0.338 e. The molecule has 9 nitrogen and oxygen atoms in total. The Hall–Kier alpha value is -2.92. The topological polar surface area (TPSA) is 133 Å². The summed E-state index contributed by atoms with van der Waals surface area (Å²) in [5.41, 5.74) is 2.52. The quantitative estimate of drug-likeness (QED) is 0.531. The van der Waals surface area contributed by atoms with Crippen LogP contribution in [-0.4, -0.2) is 35.2 Å². The van der Waals surface area contributed by atoms with E-state index in [9.17, 15) is 26.4 Å². The predicted octanol–water partition coefficient (Wildman–Crippen LogP) is 1.96. The second kappa shape index (κ2) is 9.05. The third-order valence-electron chi connectivity index (χ3n) is 3.66. The normalized spacial score (nSPS) is 11.5. The molecule has 2 aromatic carbocycles. The van der Waals surface area contributed by atoms with Crippen LogP contribution in [0.1, 0.15) is 24.5 Å². The molecule has 0 saturated carbocycles. The molecule has 0 spiro atoms. The summed E-state index contributed by atoms with van der Waals surface area (Å²) in [6.07, 6.45) is -0.640. The number of amides is 1. The van der Waals surface area contributed by atoms with E-state index in [0.29, 0.717) is 0 Å². The van der Waals surface area contributed by atoms with Gasteiger partial charge in [0.2, 0.25) is 0 Å². The van der Waals surface area contributed by atoms with Gasteiger partial charge < -0.3 is 9.02 Å². The first-order valence-electron chi connectivity index (χ1n) is 8.34. The third-order valence-corrected chi connectivity index (χ3v) is 6.26. The Balaban J connectivity index is 2.42. The number of carbonyl (C=O) groups excluding carboxylic acids is 2. The average Bonchev–Trinajstić information content (AvgIpc) is 2.65. The highest BCUT2D eigenvalue weighted by atomic mass is 32.2. The van der Waals surface area contributed by atoms with E-state index in [-0.39, 0.29) is 18.4 Å². The molecular weight excluding hydrogens is 422 g/mol. The van der Waals surface area contributed by atoms with Crippen LogP contribution in [0.2, 0.25) is 0 Å². The minimum absolute atomic E-state index is 0.0627. The Morgan fingerprint density at radius 1 is 0.966 bits per heavy atom. The highest BCUT2D eigenvalue weighted by Crippen LogP contribution is 2.28. The molecule has 11 heteroatoms. The molecule has 0 atom stereocenters. The van der Waals surface area contributed by atoms with Gasteiger partial charge in [-0.05, 0) is 23.6 Å². The first-order valence-corrected chi connectivity index (χ1v) is 11.6. The Morgan fingerprint density at radius 3 is 2.21 bits per heavy atom. The molecule has 0 aliphatic carbocycles. The van der Waals surface area contributed by atoms with Crippen molar-refractivity contribution in [2.24, 2.45) is 0 Å². The third kappa shape index (κ3) is 6.03. The molecule has 1 N–H and O–H groups in total. The maximum absolute atomic E-state index is 12.5. The summed E-state index contributed by atoms with van der Waals surface area (Å²) < 4.78 is 54.1. The lowest BCUT2D eigenvalue weighted by Crippen LogP contribution is -2.30. The number of sulfone groups is 1. The monoisotopic (exact) mass is 441 g/mol. The number of benzene rings is 2. The van der Waals surface area contributed by atoms with Crippen LogP contribution in [0, 0.1) is 0 Å². The molecule has 0 aliphatic rings. The fourth-order valence-corrected chi connectivity index (χ4v) is 5.20. The van der Waals surface area contributed by atoms with Gasteiger partial charge in [0, 0.05) is 12.7 Å². The van der Waals surface area contributed by atoms with Crippen LogP contribution in [-0.2, 0) is 40.2 Å². The Morgan fingerprint density at radius 2 is 1.62 bits per heavy atom. The number of carbonyl (C=O) groups is 2. The zero-order chi connectivity index (χ0) is 21.7. The standard InChI is InChI=1S/C18H19NO8S2/c1-3-16(20)26-19-18(21)27-29(24,25)15-11-7-10-14(17(15)28(2,22)23)12-13-8-5-4-6-9-13/h4-11H,3,12H2,1-2H3,(H,19,21). The molecule has 0 aliphatic heterocycles. The molecular formula is C18H19NO8S2. The molecule has 2 rings (SSSR count). The molecule has 0 saturated heterocycles. The lowest BCUT2D eigenvalue weighted by Gasteiger charge is -2.14. The molecule has 0 radical (unpaired) electrons. The van der Waals surface area contributed by atoms with Gasteiger partial charge >= 0.3 is 22.2 Å². The molecule has 0 heterocycles. The number of hydrogen-bond acceptors (Lipinski definition) is 8. The lowest BCUT2D eigenvalue weighted by atomic mass is 10.1. The number of hydroxylamine groups is 1. The van der Waals surface area contributed by atoms with E-state index in [0.717, 1.165) is 17.9 Å². The molecule has 2 aromatic rings. The maximum atomic E-state index is 12.5. The predicted molar refractivity (Wildman–Crippen MR) is 102 cm³/mol. The summed E-state index contributed by atoms with van der Waals surface area (Å²) in [7, 11) is -8.83. The van der Waals surface area contributed by atoms with Gasteiger partial charge in [0.05, 0.1) is 4.90 Å². The van der Waals surface area contributed by atoms with Gasteiger partial charge in [-0.1, -0.05) is 49.4 Å². The number of nitrogens with one attached hydrogen (secondary N) is 1. The van der Waals surface area contributed by atoms with E-state index in [2.05, 4.69) is 9.02 Å². The second-order valence-electron chi connectivity index (χ2n) is 5.93. The molecule has 0 unspecified atom stereocenters. The van der Waals surface area contributed by atoms with E-state index in [1.807, 2.05) is 0 Å². The second-order valence-corrected chi connectivity index (χ2v) is 9.40. The Bertz CT molecular complexity index is 1110. The zero-order valence-corrected chi connectivity index (χ0v) is 17.2. The zero-order valence-electron chi connectivity index (χ0n) is 15.6. The summed E-state index contributed by atoms with van der Waals surface area (Å²) in [5, 5.41) is 0. The van der Waals surface area contributed by atoms with Crippen molar-refractivity contribution in [1.82, 2.24) is 5.48 Å². The van der Waals surface area contributed by atoms with E-state index in [4.69, 9.17) is 0 Å². The van der Waals surface area contributed by atoms with Gasteiger partial charge in [0.15, 0.2) is 9.84 Å². The van der Waals surface area contributed by atoms with Crippen molar-refractivity contribution in [2.45, 2.75) is 29.6 Å². The number of rotatable bonds is 6. The average molecular weight is 441 g/mol. The van der Waals surface area contributed by atoms with Crippen LogP contribution in [0.4, 0.5) is 4.79 Å². The van der Waals surface area contributed by atoms with Crippen LogP contribution in [0.5, 0.6) is 0 Å². The van der Waals surface area contributed by atoms with Crippen LogP contribution in [0.15, 0.2) is 58.3 Å². The fraction of sp³-hybridized carbons (Fsp3) is 0.222. The van der Waals surface area contributed by atoms with Crippen molar-refractivity contribution in [1.29, 1.82) is 0 Å². The van der Waals surface area contributed by atoms with Crippen LogP contribution < -0.4 is 5.48 Å². The fourth-order valence-electron chi connectivity index (χ4n) is 2.47. The van der Waals surface area contributed by atoms with Crippen molar-refractivity contribution in [3.05, 3.63) is 59.7 Å². The van der Waals surface area contributed by atoms with Crippen molar-refractivity contribution in [3.63, 3.8) is 0 Å². The minimum atomic E-state index is -4.83. The molecule has 0 bridgehead atoms. The van der Waals surface area contributed by atoms with Crippen molar-refractivity contribution >= 4 is 32.0 Å². The van der Waals surface area contributed by atoms with Gasteiger partial charge in [-0.3, -0.25) is 0 Å². The molecule has 29 heavy (non-hydrogen) atoms. The summed E-state index contributed by atoms with van der Waals surface area (Å²) in [4.78, 5) is 25.8. The van der Waals surface area contributed by atoms with Crippen molar-refractivity contribution in [3.8, 4) is 0 Å².